The van der Waals surface area contributed by atoms with Gasteiger partial charge in [-0.05, 0) is 26.0 Å². The van der Waals surface area contributed by atoms with Gasteiger partial charge in [0, 0.05) is 23.0 Å². The Balaban J connectivity index is 2.30. The second kappa shape index (κ2) is 4.72. The van der Waals surface area contributed by atoms with Crippen LogP contribution in [0.1, 0.15) is 29.1 Å². The van der Waals surface area contributed by atoms with Crippen molar-refractivity contribution in [3.63, 3.8) is 0 Å². The minimum atomic E-state index is -0.268. The summed E-state index contributed by atoms with van der Waals surface area (Å²) >= 11 is 5.88. The Morgan fingerprint density at radius 2 is 2.24 bits per heavy atom. The van der Waals surface area contributed by atoms with Crippen LogP contribution in [0.3, 0.4) is 0 Å². The highest BCUT2D eigenvalue weighted by Gasteiger charge is 2.18. The van der Waals surface area contributed by atoms with Crippen molar-refractivity contribution in [3.8, 4) is 0 Å². The minimum absolute atomic E-state index is 0.0357. The molecule has 0 aliphatic carbocycles. The Morgan fingerprint density at radius 3 is 2.82 bits per heavy atom. The van der Waals surface area contributed by atoms with Gasteiger partial charge in [0.2, 0.25) is 0 Å². The van der Waals surface area contributed by atoms with Crippen molar-refractivity contribution < 1.29 is 4.79 Å². The van der Waals surface area contributed by atoms with E-state index in [2.05, 4.69) is 4.98 Å². The summed E-state index contributed by atoms with van der Waals surface area (Å²) in [6, 6.07) is 6.73. The fourth-order valence-corrected chi connectivity index (χ4v) is 2.00. The molecule has 1 heterocycles. The van der Waals surface area contributed by atoms with E-state index in [1.165, 1.54) is 0 Å². The molecule has 17 heavy (non-hydrogen) atoms. The van der Waals surface area contributed by atoms with E-state index in [1.54, 1.807) is 30.5 Å². The molecule has 0 aliphatic heterocycles. The van der Waals surface area contributed by atoms with Crippen molar-refractivity contribution in [1.29, 1.82) is 0 Å². The lowest BCUT2D eigenvalue weighted by Gasteiger charge is -2.14. The molecule has 2 aromatic rings. The van der Waals surface area contributed by atoms with Gasteiger partial charge >= 0.3 is 0 Å². The van der Waals surface area contributed by atoms with Crippen molar-refractivity contribution >= 4 is 17.4 Å². The quantitative estimate of drug-likeness (QED) is 0.782. The number of rotatable bonds is 3. The number of aromatic nitrogens is 2. The summed E-state index contributed by atoms with van der Waals surface area (Å²) in [4.78, 5) is 16.4. The summed E-state index contributed by atoms with van der Waals surface area (Å²) in [5.41, 5.74) is 0.623. The second-order valence-electron chi connectivity index (χ2n) is 3.93. The first-order valence-electron chi connectivity index (χ1n) is 5.39. The summed E-state index contributed by atoms with van der Waals surface area (Å²) in [5.74, 6) is 0.862. The molecule has 1 atom stereocenters. The average Bonchev–Trinajstić information content (AvgIpc) is 2.73. The van der Waals surface area contributed by atoms with Crippen molar-refractivity contribution in [2.45, 2.75) is 19.9 Å². The lowest BCUT2D eigenvalue weighted by atomic mass is 10.1. The van der Waals surface area contributed by atoms with E-state index < -0.39 is 0 Å². The maximum Gasteiger partial charge on any atom is 0.185 e. The van der Waals surface area contributed by atoms with Crippen LogP contribution in [-0.2, 0) is 0 Å². The highest BCUT2D eigenvalue weighted by Crippen LogP contribution is 2.18. The van der Waals surface area contributed by atoms with E-state index in [4.69, 9.17) is 11.6 Å². The van der Waals surface area contributed by atoms with Gasteiger partial charge in [0.1, 0.15) is 5.82 Å². The Bertz CT molecular complexity index is 548. The van der Waals surface area contributed by atoms with Gasteiger partial charge in [-0.1, -0.05) is 23.7 Å². The monoisotopic (exact) mass is 248 g/mol. The van der Waals surface area contributed by atoms with E-state index >= 15 is 0 Å². The van der Waals surface area contributed by atoms with Crippen molar-refractivity contribution in [3.05, 3.63) is 53.1 Å². The van der Waals surface area contributed by atoms with Crippen LogP contribution < -0.4 is 0 Å². The molecule has 3 nitrogen and oxygen atoms in total. The molecule has 0 radical (unpaired) electrons. The normalized spacial score (nSPS) is 12.4. The van der Waals surface area contributed by atoms with Gasteiger partial charge in [0.25, 0.3) is 0 Å². The smallest absolute Gasteiger partial charge is 0.185 e. The molecule has 88 valence electrons. The van der Waals surface area contributed by atoms with Crippen LogP contribution in [0.5, 0.6) is 0 Å². The highest BCUT2D eigenvalue weighted by atomic mass is 35.5. The molecule has 1 aromatic heterocycles. The Labute approximate surface area is 105 Å². The van der Waals surface area contributed by atoms with Crippen LogP contribution in [0.4, 0.5) is 0 Å². The first-order valence-corrected chi connectivity index (χ1v) is 5.76. The van der Waals surface area contributed by atoms with E-state index in [0.29, 0.717) is 10.6 Å². The number of carbonyl (C=O) groups is 1. The Hall–Kier alpha value is -1.61. The predicted molar refractivity (Wildman–Crippen MR) is 67.5 cm³/mol. The lowest BCUT2D eigenvalue weighted by molar-refractivity contribution is 0.0933. The first-order chi connectivity index (χ1) is 8.09. The number of aryl methyl sites for hydroxylation is 1. The number of hydrogen-bond donors (Lipinski definition) is 0. The summed E-state index contributed by atoms with van der Waals surface area (Å²) in [5, 5.41) is 0.574. The molecular formula is C13H13ClN2O. The maximum atomic E-state index is 12.2. The maximum absolute atomic E-state index is 12.2. The standard InChI is InChI=1S/C13H13ClN2O/c1-9(16-7-6-15-10(16)2)13(17)11-4-3-5-12(14)8-11/h3-9H,1-2H3. The molecule has 0 fully saturated rings. The van der Waals surface area contributed by atoms with Crippen LogP contribution in [0, 0.1) is 6.92 Å². The molecule has 0 saturated heterocycles. The molecule has 2 rings (SSSR count). The van der Waals surface area contributed by atoms with Crippen molar-refractivity contribution in [2.24, 2.45) is 0 Å². The Kier molecular flexibility index (Phi) is 3.29. The number of hydrogen-bond acceptors (Lipinski definition) is 2. The molecule has 0 amide bonds. The number of carbonyl (C=O) groups excluding carboxylic acids is 1. The third-order valence-corrected chi connectivity index (χ3v) is 3.00. The van der Waals surface area contributed by atoms with Crippen LogP contribution in [0.2, 0.25) is 5.02 Å². The fraction of sp³-hybridized carbons (Fsp3) is 0.231. The number of benzene rings is 1. The van der Waals surface area contributed by atoms with Gasteiger partial charge in [-0.2, -0.15) is 0 Å². The average molecular weight is 249 g/mol. The third-order valence-electron chi connectivity index (χ3n) is 2.77. The summed E-state index contributed by atoms with van der Waals surface area (Å²) in [6.07, 6.45) is 3.50. The lowest BCUT2D eigenvalue weighted by Crippen LogP contribution is -2.17. The number of nitrogens with zero attached hydrogens (tertiary/aromatic N) is 2. The summed E-state index contributed by atoms with van der Waals surface area (Å²) in [6.45, 7) is 3.74. The molecule has 1 unspecified atom stereocenters. The fourth-order valence-electron chi connectivity index (χ4n) is 1.81. The van der Waals surface area contributed by atoms with E-state index in [0.717, 1.165) is 5.82 Å². The van der Waals surface area contributed by atoms with Gasteiger partial charge in [0.15, 0.2) is 5.78 Å². The van der Waals surface area contributed by atoms with Gasteiger partial charge in [-0.25, -0.2) is 4.98 Å². The molecule has 0 bridgehead atoms. The van der Waals surface area contributed by atoms with Crippen LogP contribution in [0.15, 0.2) is 36.7 Å². The van der Waals surface area contributed by atoms with Gasteiger partial charge < -0.3 is 4.57 Å². The zero-order valence-electron chi connectivity index (χ0n) is 9.72. The van der Waals surface area contributed by atoms with E-state index in [1.807, 2.05) is 24.6 Å². The second-order valence-corrected chi connectivity index (χ2v) is 4.37. The molecular weight excluding hydrogens is 236 g/mol. The predicted octanol–water partition coefficient (Wildman–Crippen LogP) is 3.29. The molecule has 1 aromatic carbocycles. The number of Topliss-reactive ketones (excluding diaryl/α,β-unsaturated/α-hetero) is 1. The number of halogens is 1. The van der Waals surface area contributed by atoms with Gasteiger partial charge in [-0.3, -0.25) is 4.79 Å². The minimum Gasteiger partial charge on any atom is -0.325 e. The summed E-state index contributed by atoms with van der Waals surface area (Å²) in [7, 11) is 0. The van der Waals surface area contributed by atoms with Crippen molar-refractivity contribution in [2.75, 3.05) is 0 Å². The SMILES string of the molecule is Cc1nccn1C(C)C(=O)c1cccc(Cl)c1. The molecule has 0 N–H and O–H groups in total. The zero-order valence-corrected chi connectivity index (χ0v) is 10.5. The Morgan fingerprint density at radius 1 is 1.47 bits per heavy atom. The topological polar surface area (TPSA) is 34.9 Å². The summed E-state index contributed by atoms with van der Waals surface area (Å²) < 4.78 is 1.85. The van der Waals surface area contributed by atoms with Gasteiger partial charge in [0.05, 0.1) is 6.04 Å². The highest BCUT2D eigenvalue weighted by molar-refractivity contribution is 6.31. The molecule has 4 heteroatoms. The molecule has 0 saturated carbocycles. The van der Waals surface area contributed by atoms with Crippen LogP contribution in [-0.4, -0.2) is 15.3 Å². The third kappa shape index (κ3) is 2.39. The zero-order chi connectivity index (χ0) is 12.4. The van der Waals surface area contributed by atoms with Gasteiger partial charge in [-0.15, -0.1) is 0 Å². The van der Waals surface area contributed by atoms with Crippen molar-refractivity contribution in [1.82, 2.24) is 9.55 Å². The molecule has 0 aliphatic rings. The number of ketones is 1. The van der Waals surface area contributed by atoms with E-state index in [-0.39, 0.29) is 11.8 Å². The van der Waals surface area contributed by atoms with Crippen LogP contribution >= 0.6 is 11.6 Å². The molecule has 0 spiro atoms. The van der Waals surface area contributed by atoms with E-state index in [9.17, 15) is 4.79 Å². The van der Waals surface area contributed by atoms with Crippen LogP contribution in [0.25, 0.3) is 0 Å². The first kappa shape index (κ1) is 11.9. The largest absolute Gasteiger partial charge is 0.325 e. The number of imidazole rings is 1.